The SMILES string of the molecule is CN=C(NCC(C)(C)N(C)C)N1CCN(S(=O)(=O)CCOC(C)C)CC1.I. The Morgan fingerprint density at radius 1 is 1.22 bits per heavy atom. The van der Waals surface area contributed by atoms with Crippen molar-refractivity contribution < 1.29 is 13.2 Å². The first kappa shape index (κ1) is 26.8. The predicted molar refractivity (Wildman–Crippen MR) is 123 cm³/mol. The van der Waals surface area contributed by atoms with Gasteiger partial charge in [-0.15, -0.1) is 24.0 Å². The van der Waals surface area contributed by atoms with Crippen LogP contribution in [0.3, 0.4) is 0 Å². The Bertz CT molecular complexity index is 559. The molecule has 1 aliphatic heterocycles. The quantitative estimate of drug-likeness (QED) is 0.292. The van der Waals surface area contributed by atoms with Gasteiger partial charge in [0.1, 0.15) is 0 Å². The molecule has 0 spiro atoms. The predicted octanol–water partition coefficient (Wildman–Crippen LogP) is 0.892. The lowest BCUT2D eigenvalue weighted by Gasteiger charge is -2.38. The molecule has 0 radical (unpaired) electrons. The molecule has 1 heterocycles. The molecule has 1 rings (SSSR count). The summed E-state index contributed by atoms with van der Waals surface area (Å²) in [5.41, 5.74) is -0.00246. The zero-order valence-electron chi connectivity index (χ0n) is 17.9. The lowest BCUT2D eigenvalue weighted by Crippen LogP contribution is -2.56. The highest BCUT2D eigenvalue weighted by atomic mass is 127. The van der Waals surface area contributed by atoms with Crippen LogP contribution in [0.25, 0.3) is 0 Å². The second-order valence-electron chi connectivity index (χ2n) is 7.73. The van der Waals surface area contributed by atoms with Crippen molar-refractivity contribution in [1.82, 2.24) is 19.4 Å². The lowest BCUT2D eigenvalue weighted by molar-refractivity contribution is 0.0904. The fraction of sp³-hybridized carbons (Fsp3) is 0.941. The number of rotatable bonds is 8. The van der Waals surface area contributed by atoms with Crippen LogP contribution in [0.5, 0.6) is 0 Å². The van der Waals surface area contributed by atoms with Crippen LogP contribution in [0.15, 0.2) is 4.99 Å². The van der Waals surface area contributed by atoms with Gasteiger partial charge in [-0.1, -0.05) is 0 Å². The number of aliphatic imine (C=N–C) groups is 1. The molecule has 0 unspecified atom stereocenters. The van der Waals surface area contributed by atoms with E-state index in [-0.39, 0.29) is 48.0 Å². The number of ether oxygens (including phenoxy) is 1. The highest BCUT2D eigenvalue weighted by Crippen LogP contribution is 2.11. The number of hydrogen-bond donors (Lipinski definition) is 1. The minimum Gasteiger partial charge on any atom is -0.378 e. The van der Waals surface area contributed by atoms with Crippen molar-refractivity contribution in [1.29, 1.82) is 0 Å². The van der Waals surface area contributed by atoms with Crippen LogP contribution in [-0.4, -0.2) is 106 Å². The number of sulfonamides is 1. The summed E-state index contributed by atoms with van der Waals surface area (Å²) in [4.78, 5) is 8.63. The normalized spacial score (nSPS) is 17.4. The van der Waals surface area contributed by atoms with Crippen LogP contribution in [0, 0.1) is 0 Å². The number of nitrogens with one attached hydrogen (secondary N) is 1. The summed E-state index contributed by atoms with van der Waals surface area (Å²) in [6.45, 7) is 11.3. The molecule has 0 aromatic rings. The summed E-state index contributed by atoms with van der Waals surface area (Å²) < 4.78 is 31.8. The number of nitrogens with zero attached hydrogens (tertiary/aromatic N) is 4. The van der Waals surface area contributed by atoms with E-state index < -0.39 is 10.0 Å². The van der Waals surface area contributed by atoms with E-state index in [1.807, 2.05) is 13.8 Å². The van der Waals surface area contributed by atoms with Crippen LogP contribution in [0.1, 0.15) is 27.7 Å². The van der Waals surface area contributed by atoms with Crippen molar-refractivity contribution in [2.45, 2.75) is 39.3 Å². The summed E-state index contributed by atoms with van der Waals surface area (Å²) in [5.74, 6) is 0.856. The molecule has 1 N–H and O–H groups in total. The average molecular weight is 519 g/mol. The summed E-state index contributed by atoms with van der Waals surface area (Å²) >= 11 is 0. The molecule has 27 heavy (non-hydrogen) atoms. The third kappa shape index (κ3) is 8.80. The van der Waals surface area contributed by atoms with Crippen molar-refractivity contribution in [2.75, 3.05) is 66.2 Å². The van der Waals surface area contributed by atoms with Crippen LogP contribution in [0.2, 0.25) is 0 Å². The van der Waals surface area contributed by atoms with Gasteiger partial charge in [0.2, 0.25) is 10.0 Å². The molecule has 1 fully saturated rings. The van der Waals surface area contributed by atoms with Crippen LogP contribution in [-0.2, 0) is 14.8 Å². The number of piperazine rings is 1. The zero-order chi connectivity index (χ0) is 20.0. The van der Waals surface area contributed by atoms with E-state index in [4.69, 9.17) is 4.74 Å². The molecule has 10 heteroatoms. The summed E-state index contributed by atoms with van der Waals surface area (Å²) in [6.07, 6.45) is 0.0443. The second kappa shape index (κ2) is 11.7. The van der Waals surface area contributed by atoms with Gasteiger partial charge in [0, 0.05) is 45.3 Å². The molecule has 0 saturated carbocycles. The first-order valence-electron chi connectivity index (χ1n) is 9.22. The number of hydrogen-bond acceptors (Lipinski definition) is 5. The minimum atomic E-state index is -3.27. The molecule has 0 atom stereocenters. The Hall–Kier alpha value is -0.170. The molecule has 0 bridgehead atoms. The Kier molecular flexibility index (Phi) is 11.7. The van der Waals surface area contributed by atoms with E-state index in [1.54, 1.807) is 11.4 Å². The standard InChI is InChI=1S/C17H37N5O3S.HI/c1-15(2)25-12-13-26(23,24)22-10-8-21(9-11-22)16(18-5)19-14-17(3,4)20(6)7;/h15H,8-14H2,1-7H3,(H,18,19);1H. The van der Waals surface area contributed by atoms with Gasteiger partial charge in [0.25, 0.3) is 0 Å². The molecule has 0 aromatic carbocycles. The van der Waals surface area contributed by atoms with Crippen LogP contribution < -0.4 is 5.32 Å². The Morgan fingerprint density at radius 3 is 2.22 bits per heavy atom. The number of halogens is 1. The Balaban J connectivity index is 0.00000676. The summed E-state index contributed by atoms with van der Waals surface area (Å²) in [6, 6.07) is 0. The van der Waals surface area contributed by atoms with Gasteiger partial charge >= 0.3 is 0 Å². The third-order valence-electron chi connectivity index (χ3n) is 4.83. The third-order valence-corrected chi connectivity index (χ3v) is 6.66. The van der Waals surface area contributed by atoms with Crippen LogP contribution >= 0.6 is 24.0 Å². The molecular formula is C17H38IN5O3S. The Morgan fingerprint density at radius 2 is 1.78 bits per heavy atom. The van der Waals surface area contributed by atoms with Crippen molar-refractivity contribution in [2.24, 2.45) is 4.99 Å². The topological polar surface area (TPSA) is 77.5 Å². The largest absolute Gasteiger partial charge is 0.378 e. The minimum absolute atomic E-state index is 0. The fourth-order valence-electron chi connectivity index (χ4n) is 2.48. The van der Waals surface area contributed by atoms with Crippen molar-refractivity contribution in [3.8, 4) is 0 Å². The fourth-order valence-corrected chi connectivity index (χ4v) is 3.77. The van der Waals surface area contributed by atoms with Gasteiger partial charge in [-0.05, 0) is 41.8 Å². The van der Waals surface area contributed by atoms with Crippen molar-refractivity contribution in [3.05, 3.63) is 0 Å². The average Bonchev–Trinajstić information content (AvgIpc) is 2.55. The highest BCUT2D eigenvalue weighted by molar-refractivity contribution is 14.0. The van der Waals surface area contributed by atoms with Gasteiger partial charge in [-0.25, -0.2) is 8.42 Å². The van der Waals surface area contributed by atoms with E-state index in [0.717, 1.165) is 12.5 Å². The number of likely N-dealkylation sites (N-methyl/N-ethyl adjacent to an activating group) is 1. The Labute approximate surface area is 182 Å². The number of guanidine groups is 1. The second-order valence-corrected chi connectivity index (χ2v) is 9.82. The zero-order valence-corrected chi connectivity index (χ0v) is 21.0. The monoisotopic (exact) mass is 519 g/mol. The van der Waals surface area contributed by atoms with E-state index in [0.29, 0.717) is 26.2 Å². The molecule has 0 amide bonds. The molecule has 0 aliphatic carbocycles. The molecule has 1 saturated heterocycles. The van der Waals surface area contributed by atoms with Gasteiger partial charge < -0.3 is 19.9 Å². The molecule has 162 valence electrons. The lowest BCUT2D eigenvalue weighted by atomic mass is 10.0. The van der Waals surface area contributed by atoms with Crippen LogP contribution in [0.4, 0.5) is 0 Å². The van der Waals surface area contributed by atoms with E-state index in [1.165, 1.54) is 0 Å². The van der Waals surface area contributed by atoms with Gasteiger partial charge in [-0.3, -0.25) is 4.99 Å². The smallest absolute Gasteiger partial charge is 0.216 e. The maximum Gasteiger partial charge on any atom is 0.216 e. The first-order valence-corrected chi connectivity index (χ1v) is 10.8. The highest BCUT2D eigenvalue weighted by Gasteiger charge is 2.29. The van der Waals surface area contributed by atoms with E-state index >= 15 is 0 Å². The molecule has 0 aromatic heterocycles. The van der Waals surface area contributed by atoms with Gasteiger partial charge in [-0.2, -0.15) is 4.31 Å². The molecule has 8 nitrogen and oxygen atoms in total. The summed E-state index contributed by atoms with van der Waals surface area (Å²) in [7, 11) is 2.60. The summed E-state index contributed by atoms with van der Waals surface area (Å²) in [5, 5.41) is 3.41. The maximum atomic E-state index is 12.4. The van der Waals surface area contributed by atoms with E-state index in [2.05, 4.69) is 48.1 Å². The first-order chi connectivity index (χ1) is 12.0. The van der Waals surface area contributed by atoms with Gasteiger partial charge in [0.15, 0.2) is 5.96 Å². The van der Waals surface area contributed by atoms with Gasteiger partial charge in [0.05, 0.1) is 18.5 Å². The maximum absolute atomic E-state index is 12.4. The van der Waals surface area contributed by atoms with Crippen molar-refractivity contribution >= 4 is 40.0 Å². The van der Waals surface area contributed by atoms with E-state index in [9.17, 15) is 8.42 Å². The molecule has 1 aliphatic rings. The molecular weight excluding hydrogens is 481 g/mol. The van der Waals surface area contributed by atoms with Crippen molar-refractivity contribution in [3.63, 3.8) is 0 Å².